The maximum atomic E-state index is 13.1. The zero-order valence-electron chi connectivity index (χ0n) is 19.3. The molecule has 1 heterocycles. The molecule has 0 aromatic heterocycles. The number of hydrogen-bond donors (Lipinski definition) is 2. The molecule has 1 aliphatic rings. The lowest BCUT2D eigenvalue weighted by Crippen LogP contribution is -2.45. The van der Waals surface area contributed by atoms with Crippen LogP contribution in [-0.2, 0) is 0 Å². The highest BCUT2D eigenvalue weighted by Crippen LogP contribution is 2.25. The number of nitrogens with one attached hydrogen (secondary N) is 2. The van der Waals surface area contributed by atoms with Gasteiger partial charge in [-0.2, -0.15) is 0 Å². The highest BCUT2D eigenvalue weighted by molar-refractivity contribution is 6.00. The summed E-state index contributed by atoms with van der Waals surface area (Å²) in [7, 11) is 0. The van der Waals surface area contributed by atoms with E-state index in [4.69, 9.17) is 0 Å². The van der Waals surface area contributed by atoms with E-state index in [2.05, 4.69) is 15.5 Å². The number of benzene rings is 3. The molecule has 1 saturated heterocycles. The van der Waals surface area contributed by atoms with E-state index in [1.165, 1.54) is 0 Å². The average molecular weight is 442 g/mol. The summed E-state index contributed by atoms with van der Waals surface area (Å²) in [4.78, 5) is 27.9. The second-order valence-electron chi connectivity index (χ2n) is 8.73. The molecule has 2 N–H and O–H groups in total. The van der Waals surface area contributed by atoms with Crippen LogP contribution in [0.15, 0.2) is 78.9 Å². The summed E-state index contributed by atoms with van der Waals surface area (Å²) in [5.41, 5.74) is 4.48. The molecular weight excluding hydrogens is 410 g/mol. The van der Waals surface area contributed by atoms with Gasteiger partial charge in [0.05, 0.1) is 11.6 Å². The van der Waals surface area contributed by atoms with Gasteiger partial charge in [-0.25, -0.2) is 0 Å². The first-order valence-corrected chi connectivity index (χ1v) is 11.6. The lowest BCUT2D eigenvalue weighted by Gasteiger charge is -2.35. The first kappa shape index (κ1) is 22.6. The molecule has 3 aromatic carbocycles. The van der Waals surface area contributed by atoms with Crippen LogP contribution in [0.25, 0.3) is 0 Å². The van der Waals surface area contributed by atoms with E-state index in [-0.39, 0.29) is 23.9 Å². The van der Waals surface area contributed by atoms with Crippen LogP contribution in [0.2, 0.25) is 0 Å². The van der Waals surface area contributed by atoms with Crippen LogP contribution >= 0.6 is 0 Å². The zero-order valence-corrected chi connectivity index (χ0v) is 19.3. The molecule has 1 aliphatic heterocycles. The Morgan fingerprint density at radius 1 is 0.879 bits per heavy atom. The molecule has 0 bridgehead atoms. The molecule has 0 aliphatic carbocycles. The van der Waals surface area contributed by atoms with Gasteiger partial charge >= 0.3 is 0 Å². The largest absolute Gasteiger partial charge is 0.371 e. The molecule has 1 atom stereocenters. The van der Waals surface area contributed by atoms with Gasteiger partial charge in [0.1, 0.15) is 0 Å². The summed E-state index contributed by atoms with van der Waals surface area (Å²) >= 11 is 0. The minimum absolute atomic E-state index is 0.0215. The molecule has 1 unspecified atom stereocenters. The van der Waals surface area contributed by atoms with Crippen molar-refractivity contribution in [1.82, 2.24) is 10.6 Å². The van der Waals surface area contributed by atoms with Gasteiger partial charge in [0.2, 0.25) is 0 Å². The van der Waals surface area contributed by atoms with Crippen molar-refractivity contribution in [2.24, 2.45) is 0 Å². The minimum Gasteiger partial charge on any atom is -0.371 e. The Hall–Kier alpha value is -3.60. The molecule has 33 heavy (non-hydrogen) atoms. The fourth-order valence-corrected chi connectivity index (χ4v) is 4.36. The number of piperidine rings is 1. The van der Waals surface area contributed by atoms with E-state index in [0.29, 0.717) is 11.1 Å². The molecular formula is C28H31N3O2. The molecule has 5 heteroatoms. The van der Waals surface area contributed by atoms with Crippen LogP contribution in [-0.4, -0.2) is 30.9 Å². The molecule has 3 aromatic rings. The Morgan fingerprint density at radius 3 is 2.30 bits per heavy atom. The third kappa shape index (κ3) is 5.61. The first-order valence-electron chi connectivity index (χ1n) is 11.6. The summed E-state index contributed by atoms with van der Waals surface area (Å²) < 4.78 is 0. The average Bonchev–Trinajstić information content (AvgIpc) is 2.85. The normalized spacial score (nSPS) is 15.0. The Labute approximate surface area is 195 Å². The van der Waals surface area contributed by atoms with Gasteiger partial charge in [0.25, 0.3) is 11.8 Å². The first-order chi connectivity index (χ1) is 16.0. The zero-order chi connectivity index (χ0) is 23.2. The Morgan fingerprint density at radius 2 is 1.58 bits per heavy atom. The standard InChI is InChI=1S/C28H31N3O2/c1-20-9-8-12-23(19-20)27(32)30-24-15-17-31(18-16-24)26-14-7-6-13-25(26)28(33)29-21(2)22-10-4-3-5-11-22/h3-14,19,21,24H,15-18H2,1-2H3,(H,29,33)(H,30,32). The molecule has 2 amide bonds. The van der Waals surface area contributed by atoms with Gasteiger partial charge in [-0.1, -0.05) is 60.2 Å². The van der Waals surface area contributed by atoms with Gasteiger partial charge < -0.3 is 15.5 Å². The second-order valence-corrected chi connectivity index (χ2v) is 8.73. The van der Waals surface area contributed by atoms with Crippen LogP contribution in [0.4, 0.5) is 5.69 Å². The minimum atomic E-state index is -0.0747. The predicted molar refractivity (Wildman–Crippen MR) is 133 cm³/mol. The molecule has 0 spiro atoms. The number of para-hydroxylation sites is 1. The second kappa shape index (κ2) is 10.3. The molecule has 5 nitrogen and oxygen atoms in total. The summed E-state index contributed by atoms with van der Waals surface area (Å²) in [6, 6.07) is 25.5. The molecule has 0 saturated carbocycles. The quantitative estimate of drug-likeness (QED) is 0.573. The maximum Gasteiger partial charge on any atom is 0.253 e. The van der Waals surface area contributed by atoms with Crippen LogP contribution < -0.4 is 15.5 Å². The van der Waals surface area contributed by atoms with Crippen molar-refractivity contribution in [1.29, 1.82) is 0 Å². The highest BCUT2D eigenvalue weighted by Gasteiger charge is 2.24. The maximum absolute atomic E-state index is 13.1. The van der Waals surface area contributed by atoms with Crippen LogP contribution in [0.5, 0.6) is 0 Å². The number of amides is 2. The summed E-state index contributed by atoms with van der Waals surface area (Å²) in [5, 5.41) is 6.30. The van der Waals surface area contributed by atoms with E-state index < -0.39 is 0 Å². The van der Waals surface area contributed by atoms with E-state index in [1.807, 2.05) is 92.7 Å². The van der Waals surface area contributed by atoms with E-state index >= 15 is 0 Å². The van der Waals surface area contributed by atoms with Crippen molar-refractivity contribution in [3.8, 4) is 0 Å². The number of nitrogens with zero attached hydrogens (tertiary/aromatic N) is 1. The van der Waals surface area contributed by atoms with Crippen LogP contribution in [0.3, 0.4) is 0 Å². The number of anilines is 1. The number of carbonyl (C=O) groups excluding carboxylic acids is 2. The van der Waals surface area contributed by atoms with Crippen molar-refractivity contribution < 1.29 is 9.59 Å². The topological polar surface area (TPSA) is 61.4 Å². The van der Waals surface area contributed by atoms with Crippen LogP contribution in [0, 0.1) is 6.92 Å². The van der Waals surface area contributed by atoms with Crippen LogP contribution in [0.1, 0.15) is 57.7 Å². The Kier molecular flexibility index (Phi) is 7.08. The number of carbonyl (C=O) groups is 2. The van der Waals surface area contributed by atoms with Crippen molar-refractivity contribution >= 4 is 17.5 Å². The predicted octanol–water partition coefficient (Wildman–Crippen LogP) is 4.88. The van der Waals surface area contributed by atoms with E-state index in [1.54, 1.807) is 0 Å². The van der Waals surface area contributed by atoms with Gasteiger partial charge in [-0.05, 0) is 56.5 Å². The summed E-state index contributed by atoms with van der Waals surface area (Å²) in [6.45, 7) is 5.57. The third-order valence-corrected chi connectivity index (χ3v) is 6.25. The molecule has 170 valence electrons. The smallest absolute Gasteiger partial charge is 0.253 e. The van der Waals surface area contributed by atoms with Gasteiger partial charge in [0.15, 0.2) is 0 Å². The van der Waals surface area contributed by atoms with Gasteiger partial charge in [0, 0.05) is 30.4 Å². The fraction of sp³-hybridized carbons (Fsp3) is 0.286. The SMILES string of the molecule is Cc1cccc(C(=O)NC2CCN(c3ccccc3C(=O)NC(C)c3ccccc3)CC2)c1. The number of aryl methyl sites for hydroxylation is 1. The van der Waals surface area contributed by atoms with E-state index in [0.717, 1.165) is 42.7 Å². The molecule has 1 fully saturated rings. The number of rotatable bonds is 6. The molecule has 0 radical (unpaired) electrons. The lowest BCUT2D eigenvalue weighted by atomic mass is 10.0. The molecule has 4 rings (SSSR count). The lowest BCUT2D eigenvalue weighted by molar-refractivity contribution is 0.0928. The summed E-state index contributed by atoms with van der Waals surface area (Å²) in [5.74, 6) is -0.0938. The third-order valence-electron chi connectivity index (χ3n) is 6.25. The number of hydrogen-bond acceptors (Lipinski definition) is 3. The highest BCUT2D eigenvalue weighted by atomic mass is 16.2. The van der Waals surface area contributed by atoms with Gasteiger partial charge in [-0.3, -0.25) is 9.59 Å². The van der Waals surface area contributed by atoms with Gasteiger partial charge in [-0.15, -0.1) is 0 Å². The van der Waals surface area contributed by atoms with E-state index in [9.17, 15) is 9.59 Å². The van der Waals surface area contributed by atoms with Crippen molar-refractivity contribution in [3.63, 3.8) is 0 Å². The monoisotopic (exact) mass is 441 g/mol. The van der Waals surface area contributed by atoms with Crippen molar-refractivity contribution in [3.05, 3.63) is 101 Å². The van der Waals surface area contributed by atoms with Crippen molar-refractivity contribution in [2.75, 3.05) is 18.0 Å². The van der Waals surface area contributed by atoms with Crippen molar-refractivity contribution in [2.45, 2.75) is 38.8 Å². The fourth-order valence-electron chi connectivity index (χ4n) is 4.36. The Balaban J connectivity index is 1.38. The summed E-state index contributed by atoms with van der Waals surface area (Å²) in [6.07, 6.45) is 1.68. The Bertz CT molecular complexity index is 1100.